The highest BCUT2D eigenvalue weighted by atomic mass is 35.5. The minimum Gasteiger partial charge on any atom is -0.431 e. The number of aryl methyl sites for hydroxylation is 1. The van der Waals surface area contributed by atoms with E-state index in [0.29, 0.717) is 11.3 Å². The van der Waals surface area contributed by atoms with Gasteiger partial charge in [0.2, 0.25) is 0 Å². The Morgan fingerprint density at radius 2 is 2.24 bits per heavy atom. The number of nitrogens with zero attached hydrogens (tertiary/aromatic N) is 1. The molecule has 0 amide bonds. The maximum atomic E-state index is 12.2. The maximum absolute atomic E-state index is 12.2. The zero-order valence-corrected chi connectivity index (χ0v) is 12.5. The maximum Gasteiger partial charge on any atom is 0.309 e. The van der Waals surface area contributed by atoms with Crippen LogP contribution in [0, 0.1) is 18.8 Å². The number of anilines is 1. The summed E-state index contributed by atoms with van der Waals surface area (Å²) in [7, 11) is -3.90. The second kappa shape index (κ2) is 6.18. The fourth-order valence-electron chi connectivity index (χ4n) is 1.51. The summed E-state index contributed by atoms with van der Waals surface area (Å²) in [6.07, 6.45) is 1.33. The third-order valence-corrected chi connectivity index (χ3v) is 4.18. The number of sulfonamides is 1. The van der Waals surface area contributed by atoms with Gasteiger partial charge in [0.15, 0.2) is 0 Å². The molecule has 0 saturated carbocycles. The Hall–Kier alpha value is -2.01. The summed E-state index contributed by atoms with van der Waals surface area (Å²) in [5, 5.41) is 8.63. The Morgan fingerprint density at radius 1 is 1.48 bits per heavy atom. The molecule has 0 aliphatic carbocycles. The van der Waals surface area contributed by atoms with E-state index in [9.17, 15) is 8.42 Å². The first-order valence-electron chi connectivity index (χ1n) is 5.76. The van der Waals surface area contributed by atoms with E-state index >= 15 is 0 Å². The standard InChI is InChI=1S/C13H11ClN2O4S/c1-9-8-20-13(15-9)16-21(18,19)12-5-4-10(3-2-6-17)7-11(12)14/h4-5,7-8,17H,6H2,1H3,(H,15,16). The van der Waals surface area contributed by atoms with Crippen molar-refractivity contribution in [3.05, 3.63) is 40.7 Å². The summed E-state index contributed by atoms with van der Waals surface area (Å²) in [4.78, 5) is 3.74. The molecule has 1 aromatic heterocycles. The van der Waals surface area contributed by atoms with Gasteiger partial charge in [0.25, 0.3) is 10.0 Å². The molecule has 0 unspecified atom stereocenters. The topological polar surface area (TPSA) is 92.4 Å². The lowest BCUT2D eigenvalue weighted by molar-refractivity contribution is 0.350. The number of aromatic nitrogens is 1. The van der Waals surface area contributed by atoms with Gasteiger partial charge in [-0.05, 0) is 25.1 Å². The number of rotatable bonds is 3. The van der Waals surface area contributed by atoms with E-state index < -0.39 is 10.0 Å². The SMILES string of the molecule is Cc1coc(NS(=O)(=O)c2ccc(C#CCO)cc2Cl)n1. The van der Waals surface area contributed by atoms with Crippen molar-refractivity contribution in [3.63, 3.8) is 0 Å². The average molecular weight is 327 g/mol. The number of halogens is 1. The van der Waals surface area contributed by atoms with Gasteiger partial charge in [0.05, 0.1) is 10.7 Å². The predicted octanol–water partition coefficient (Wildman–Crippen LogP) is 1.78. The van der Waals surface area contributed by atoms with Crippen LogP contribution < -0.4 is 4.72 Å². The van der Waals surface area contributed by atoms with E-state index in [1.165, 1.54) is 24.5 Å². The Balaban J connectivity index is 2.32. The van der Waals surface area contributed by atoms with Crippen LogP contribution in [-0.4, -0.2) is 25.1 Å². The van der Waals surface area contributed by atoms with E-state index in [1.807, 2.05) is 0 Å². The van der Waals surface area contributed by atoms with E-state index in [2.05, 4.69) is 21.5 Å². The number of hydrogen-bond donors (Lipinski definition) is 2. The van der Waals surface area contributed by atoms with Crippen LogP contribution in [0.15, 0.2) is 33.8 Å². The van der Waals surface area contributed by atoms with E-state index in [-0.39, 0.29) is 22.5 Å². The summed E-state index contributed by atoms with van der Waals surface area (Å²) >= 11 is 5.96. The minimum atomic E-state index is -3.90. The third-order valence-electron chi connectivity index (χ3n) is 2.37. The normalized spacial score (nSPS) is 10.8. The van der Waals surface area contributed by atoms with Crippen molar-refractivity contribution in [2.45, 2.75) is 11.8 Å². The number of nitrogens with one attached hydrogen (secondary N) is 1. The lowest BCUT2D eigenvalue weighted by Crippen LogP contribution is -2.13. The van der Waals surface area contributed by atoms with Gasteiger partial charge in [-0.1, -0.05) is 23.4 Å². The van der Waals surface area contributed by atoms with Crippen LogP contribution in [0.25, 0.3) is 0 Å². The number of aliphatic hydroxyl groups excluding tert-OH is 1. The van der Waals surface area contributed by atoms with Crippen molar-refractivity contribution >= 4 is 27.6 Å². The van der Waals surface area contributed by atoms with Crippen LogP contribution in [0.1, 0.15) is 11.3 Å². The monoisotopic (exact) mass is 326 g/mol. The first-order chi connectivity index (χ1) is 9.92. The van der Waals surface area contributed by atoms with Crippen LogP contribution in [-0.2, 0) is 10.0 Å². The van der Waals surface area contributed by atoms with Crippen LogP contribution in [0.5, 0.6) is 0 Å². The van der Waals surface area contributed by atoms with Crippen LogP contribution in [0.2, 0.25) is 5.02 Å². The first-order valence-corrected chi connectivity index (χ1v) is 7.63. The van der Waals surface area contributed by atoms with E-state index in [4.69, 9.17) is 21.1 Å². The number of aliphatic hydroxyl groups is 1. The lowest BCUT2D eigenvalue weighted by Gasteiger charge is -2.06. The smallest absolute Gasteiger partial charge is 0.309 e. The fraction of sp³-hybridized carbons (Fsp3) is 0.154. The Kier molecular flexibility index (Phi) is 4.53. The predicted molar refractivity (Wildman–Crippen MR) is 77.5 cm³/mol. The molecular formula is C13H11ClN2O4S. The summed E-state index contributed by atoms with van der Waals surface area (Å²) in [6, 6.07) is 4.08. The second-order valence-electron chi connectivity index (χ2n) is 4.00. The molecule has 8 heteroatoms. The molecule has 2 aromatic rings. The van der Waals surface area contributed by atoms with Gasteiger partial charge in [-0.3, -0.25) is 0 Å². The molecule has 0 spiro atoms. The summed E-state index contributed by atoms with van der Waals surface area (Å²) in [5.41, 5.74) is 1.05. The molecule has 1 heterocycles. The summed E-state index contributed by atoms with van der Waals surface area (Å²) in [6.45, 7) is 1.38. The van der Waals surface area contributed by atoms with Gasteiger partial charge in [0, 0.05) is 5.56 Å². The Bertz CT molecular complexity index is 818. The molecule has 0 saturated heterocycles. The molecule has 110 valence electrons. The molecule has 21 heavy (non-hydrogen) atoms. The van der Waals surface area contributed by atoms with Crippen molar-refractivity contribution in [2.75, 3.05) is 11.3 Å². The molecule has 0 bridgehead atoms. The highest BCUT2D eigenvalue weighted by molar-refractivity contribution is 7.92. The largest absolute Gasteiger partial charge is 0.431 e. The molecule has 2 N–H and O–H groups in total. The molecule has 0 fully saturated rings. The number of oxazole rings is 1. The van der Waals surface area contributed by atoms with Gasteiger partial charge in [0.1, 0.15) is 17.8 Å². The Labute approximate surface area is 126 Å². The van der Waals surface area contributed by atoms with Crippen LogP contribution >= 0.6 is 11.6 Å². The minimum absolute atomic E-state index is 0.00974. The van der Waals surface area contributed by atoms with Gasteiger partial charge < -0.3 is 9.52 Å². The van der Waals surface area contributed by atoms with Crippen molar-refractivity contribution < 1.29 is 17.9 Å². The van der Waals surface area contributed by atoms with Gasteiger partial charge in [-0.25, -0.2) is 13.1 Å². The molecule has 0 atom stereocenters. The average Bonchev–Trinajstić information content (AvgIpc) is 2.80. The molecule has 0 aliphatic heterocycles. The van der Waals surface area contributed by atoms with Crippen molar-refractivity contribution in [2.24, 2.45) is 0 Å². The quantitative estimate of drug-likeness (QED) is 0.839. The molecular weight excluding hydrogens is 316 g/mol. The molecule has 6 nitrogen and oxygen atoms in total. The zero-order chi connectivity index (χ0) is 15.5. The van der Waals surface area contributed by atoms with Crippen molar-refractivity contribution in [1.82, 2.24) is 4.98 Å². The number of benzene rings is 1. The third kappa shape index (κ3) is 3.76. The molecule has 2 rings (SSSR count). The molecule has 1 aromatic carbocycles. The van der Waals surface area contributed by atoms with E-state index in [1.54, 1.807) is 6.92 Å². The lowest BCUT2D eigenvalue weighted by atomic mass is 10.2. The summed E-state index contributed by atoms with van der Waals surface area (Å²) < 4.78 is 31.5. The highest BCUT2D eigenvalue weighted by Gasteiger charge is 2.20. The number of hydrogen-bond acceptors (Lipinski definition) is 5. The molecule has 0 aliphatic rings. The van der Waals surface area contributed by atoms with Crippen LogP contribution in [0.3, 0.4) is 0 Å². The van der Waals surface area contributed by atoms with Crippen LogP contribution in [0.4, 0.5) is 6.01 Å². The van der Waals surface area contributed by atoms with Crippen molar-refractivity contribution in [1.29, 1.82) is 0 Å². The Morgan fingerprint density at radius 3 is 2.81 bits per heavy atom. The molecule has 0 radical (unpaired) electrons. The fourth-order valence-corrected chi connectivity index (χ4v) is 2.99. The second-order valence-corrected chi connectivity index (χ2v) is 6.06. The van der Waals surface area contributed by atoms with Gasteiger partial charge in [-0.15, -0.1) is 0 Å². The van der Waals surface area contributed by atoms with Gasteiger partial charge >= 0.3 is 6.01 Å². The van der Waals surface area contributed by atoms with E-state index in [0.717, 1.165) is 0 Å². The first kappa shape index (κ1) is 15.4. The van der Waals surface area contributed by atoms with Crippen molar-refractivity contribution in [3.8, 4) is 11.8 Å². The highest BCUT2D eigenvalue weighted by Crippen LogP contribution is 2.24. The van der Waals surface area contributed by atoms with Gasteiger partial charge in [-0.2, -0.15) is 4.98 Å². The zero-order valence-electron chi connectivity index (χ0n) is 10.9. The summed E-state index contributed by atoms with van der Waals surface area (Å²) in [5.74, 6) is 5.09.